The van der Waals surface area contributed by atoms with E-state index in [4.69, 9.17) is 0 Å². The summed E-state index contributed by atoms with van der Waals surface area (Å²) < 4.78 is 0. The van der Waals surface area contributed by atoms with E-state index in [-0.39, 0.29) is 11.5 Å². The lowest BCUT2D eigenvalue weighted by molar-refractivity contribution is 0.349. The summed E-state index contributed by atoms with van der Waals surface area (Å²) in [7, 11) is 4.15. The number of rotatable bonds is 3. The predicted molar refractivity (Wildman–Crippen MR) is 82.8 cm³/mol. The molecule has 1 aromatic rings. The molecule has 1 rings (SSSR count). The molecule has 0 spiro atoms. The van der Waals surface area contributed by atoms with Crippen LogP contribution in [-0.4, -0.2) is 24.1 Å². The molecule has 0 aliphatic heterocycles. The topological polar surface area (TPSA) is 23.5 Å². The molecule has 0 saturated carbocycles. The maximum absolute atomic E-state index is 10.3. The maximum Gasteiger partial charge on any atom is 0.122 e. The number of aryl methyl sites for hydroxylation is 1. The summed E-state index contributed by atoms with van der Waals surface area (Å²) in [5.41, 5.74) is 3.12. The van der Waals surface area contributed by atoms with Gasteiger partial charge in [-0.2, -0.15) is 0 Å². The van der Waals surface area contributed by atoms with Crippen LogP contribution in [0.1, 0.15) is 50.4 Å². The molecule has 1 aromatic carbocycles. The van der Waals surface area contributed by atoms with Gasteiger partial charge < -0.3 is 5.11 Å². The Kier molecular flexibility index (Phi) is 4.81. The van der Waals surface area contributed by atoms with Gasteiger partial charge in [-0.1, -0.05) is 39.0 Å². The number of hydrogen-bond donors (Lipinski definition) is 1. The van der Waals surface area contributed by atoms with Crippen molar-refractivity contribution in [3.05, 3.63) is 41.0 Å². The van der Waals surface area contributed by atoms with Crippen LogP contribution in [0.3, 0.4) is 0 Å². The summed E-state index contributed by atoms with van der Waals surface area (Å²) in [6, 6.07) is 4.45. The molecular weight excluding hydrogens is 234 g/mol. The molecule has 0 aromatic heterocycles. The smallest absolute Gasteiger partial charge is 0.122 e. The lowest BCUT2D eigenvalue weighted by atomic mass is 9.83. The van der Waals surface area contributed by atoms with E-state index >= 15 is 0 Å². The van der Waals surface area contributed by atoms with E-state index in [1.54, 1.807) is 0 Å². The molecule has 106 valence electrons. The second-order valence-corrected chi connectivity index (χ2v) is 6.42. The SMILES string of the molecule is CC=CC(c1cc(C)c(O)c(C(C)(C)C)c1)N(C)C. The molecule has 0 aliphatic rings. The van der Waals surface area contributed by atoms with Crippen LogP contribution in [0, 0.1) is 6.92 Å². The minimum absolute atomic E-state index is 0.0579. The van der Waals surface area contributed by atoms with Crippen LogP contribution in [-0.2, 0) is 5.41 Å². The lowest BCUT2D eigenvalue weighted by Crippen LogP contribution is -2.20. The first-order valence-corrected chi connectivity index (χ1v) is 6.81. The van der Waals surface area contributed by atoms with Crippen LogP contribution in [0.5, 0.6) is 5.75 Å². The molecule has 2 nitrogen and oxygen atoms in total. The highest BCUT2D eigenvalue weighted by atomic mass is 16.3. The van der Waals surface area contributed by atoms with Crippen molar-refractivity contribution >= 4 is 0 Å². The summed E-state index contributed by atoms with van der Waals surface area (Å²) in [6.07, 6.45) is 4.25. The van der Waals surface area contributed by atoms with Gasteiger partial charge in [-0.25, -0.2) is 0 Å². The summed E-state index contributed by atoms with van der Waals surface area (Å²) in [5.74, 6) is 0.425. The third-order valence-electron chi connectivity index (χ3n) is 3.40. The van der Waals surface area contributed by atoms with E-state index in [2.05, 4.69) is 64.1 Å². The van der Waals surface area contributed by atoms with Gasteiger partial charge in [0.05, 0.1) is 6.04 Å². The van der Waals surface area contributed by atoms with E-state index in [0.29, 0.717) is 5.75 Å². The molecule has 0 heterocycles. The highest BCUT2D eigenvalue weighted by molar-refractivity contribution is 5.47. The average molecular weight is 261 g/mol. The van der Waals surface area contributed by atoms with E-state index in [9.17, 15) is 5.11 Å². The molecule has 0 radical (unpaired) electrons. The van der Waals surface area contributed by atoms with Gasteiger partial charge in [0.2, 0.25) is 0 Å². The van der Waals surface area contributed by atoms with Crippen LogP contribution in [0.2, 0.25) is 0 Å². The maximum atomic E-state index is 10.3. The van der Waals surface area contributed by atoms with Gasteiger partial charge in [0.25, 0.3) is 0 Å². The molecule has 1 N–H and O–H groups in total. The Morgan fingerprint density at radius 3 is 2.21 bits per heavy atom. The quantitative estimate of drug-likeness (QED) is 0.825. The van der Waals surface area contributed by atoms with Crippen molar-refractivity contribution in [2.45, 2.75) is 46.1 Å². The molecule has 0 amide bonds. The van der Waals surface area contributed by atoms with Gasteiger partial charge >= 0.3 is 0 Å². The Morgan fingerprint density at radius 2 is 1.79 bits per heavy atom. The summed E-state index contributed by atoms with van der Waals surface area (Å²) in [5, 5.41) is 10.3. The molecular formula is C17H27NO. The first kappa shape index (κ1) is 15.8. The molecule has 0 bridgehead atoms. The molecule has 0 saturated heterocycles. The predicted octanol–water partition coefficient (Wildman–Crippen LogP) is 4.18. The van der Waals surface area contributed by atoms with Crippen LogP contribution < -0.4 is 0 Å². The van der Waals surface area contributed by atoms with Crippen molar-refractivity contribution in [1.82, 2.24) is 4.90 Å². The van der Waals surface area contributed by atoms with Crippen molar-refractivity contribution < 1.29 is 5.11 Å². The Bertz CT molecular complexity index is 467. The number of allylic oxidation sites excluding steroid dienone is 1. The largest absolute Gasteiger partial charge is 0.507 e. The zero-order chi connectivity index (χ0) is 14.8. The Morgan fingerprint density at radius 1 is 1.21 bits per heavy atom. The number of likely N-dealkylation sites (N-methyl/N-ethyl adjacent to an activating group) is 1. The first-order valence-electron chi connectivity index (χ1n) is 6.81. The lowest BCUT2D eigenvalue weighted by Gasteiger charge is -2.27. The third kappa shape index (κ3) is 3.60. The van der Waals surface area contributed by atoms with Gasteiger partial charge in [0.1, 0.15) is 5.75 Å². The van der Waals surface area contributed by atoms with Crippen LogP contribution in [0.4, 0.5) is 0 Å². The van der Waals surface area contributed by atoms with E-state index in [1.165, 1.54) is 5.56 Å². The number of aromatic hydroxyl groups is 1. The highest BCUT2D eigenvalue weighted by Crippen LogP contribution is 2.36. The van der Waals surface area contributed by atoms with Gasteiger partial charge in [-0.05, 0) is 56.1 Å². The molecule has 1 unspecified atom stereocenters. The van der Waals surface area contributed by atoms with Gasteiger partial charge in [-0.15, -0.1) is 0 Å². The van der Waals surface area contributed by atoms with Gasteiger partial charge in [0.15, 0.2) is 0 Å². The first-order chi connectivity index (χ1) is 8.68. The van der Waals surface area contributed by atoms with Crippen molar-refractivity contribution in [2.75, 3.05) is 14.1 Å². The Labute approximate surface area is 117 Å². The molecule has 19 heavy (non-hydrogen) atoms. The normalized spacial score (nSPS) is 14.3. The zero-order valence-corrected chi connectivity index (χ0v) is 13.3. The van der Waals surface area contributed by atoms with Crippen molar-refractivity contribution in [3.8, 4) is 5.75 Å². The van der Waals surface area contributed by atoms with E-state index in [0.717, 1.165) is 11.1 Å². The molecule has 0 fully saturated rings. The fraction of sp³-hybridized carbons (Fsp3) is 0.529. The van der Waals surface area contributed by atoms with Crippen LogP contribution >= 0.6 is 0 Å². The van der Waals surface area contributed by atoms with Crippen molar-refractivity contribution in [1.29, 1.82) is 0 Å². The number of phenols is 1. The molecule has 0 aliphatic carbocycles. The fourth-order valence-electron chi connectivity index (χ4n) is 2.31. The molecule has 1 atom stereocenters. The summed E-state index contributed by atoms with van der Waals surface area (Å²) in [6.45, 7) is 10.4. The van der Waals surface area contributed by atoms with Crippen molar-refractivity contribution in [3.63, 3.8) is 0 Å². The minimum atomic E-state index is -0.0579. The number of hydrogen-bond acceptors (Lipinski definition) is 2. The minimum Gasteiger partial charge on any atom is -0.507 e. The van der Waals surface area contributed by atoms with Crippen LogP contribution in [0.15, 0.2) is 24.3 Å². The number of phenolic OH excluding ortho intramolecular Hbond substituents is 1. The van der Waals surface area contributed by atoms with Crippen LogP contribution in [0.25, 0.3) is 0 Å². The summed E-state index contributed by atoms with van der Waals surface area (Å²) in [4.78, 5) is 2.18. The van der Waals surface area contributed by atoms with E-state index < -0.39 is 0 Å². The average Bonchev–Trinajstić information content (AvgIpc) is 2.27. The standard InChI is InChI=1S/C17H27NO/c1-8-9-15(18(6)7)13-10-12(2)16(19)14(11-13)17(3,4)5/h8-11,15,19H,1-7H3. The van der Waals surface area contributed by atoms with E-state index in [1.807, 2.05) is 13.8 Å². The fourth-order valence-corrected chi connectivity index (χ4v) is 2.31. The van der Waals surface area contributed by atoms with Gasteiger partial charge in [-0.3, -0.25) is 4.90 Å². The Balaban J connectivity index is 3.42. The number of benzene rings is 1. The second-order valence-electron chi connectivity index (χ2n) is 6.42. The second kappa shape index (κ2) is 5.79. The summed E-state index contributed by atoms with van der Waals surface area (Å²) >= 11 is 0. The third-order valence-corrected chi connectivity index (χ3v) is 3.40. The zero-order valence-electron chi connectivity index (χ0n) is 13.3. The number of nitrogens with zero attached hydrogens (tertiary/aromatic N) is 1. The Hall–Kier alpha value is -1.28. The van der Waals surface area contributed by atoms with Crippen molar-refractivity contribution in [2.24, 2.45) is 0 Å². The van der Waals surface area contributed by atoms with Gasteiger partial charge in [0, 0.05) is 0 Å². The highest BCUT2D eigenvalue weighted by Gasteiger charge is 2.22. The monoisotopic (exact) mass is 261 g/mol. The molecule has 2 heteroatoms.